The van der Waals surface area contributed by atoms with Crippen LogP contribution in [0.25, 0.3) is 0 Å². The lowest BCUT2D eigenvalue weighted by atomic mass is 10.2. The van der Waals surface area contributed by atoms with E-state index in [1.165, 1.54) is 0 Å². The molecule has 0 fully saturated rings. The molecule has 0 aromatic carbocycles. The Hall–Kier alpha value is -2.43. The third-order valence-electron chi connectivity index (χ3n) is 2.50. The van der Waals surface area contributed by atoms with Crippen molar-refractivity contribution in [2.24, 2.45) is 0 Å². The van der Waals surface area contributed by atoms with Gasteiger partial charge in [-0.1, -0.05) is 12.1 Å². The van der Waals surface area contributed by atoms with Crippen molar-refractivity contribution in [2.45, 2.75) is 26.5 Å². The molecule has 0 aliphatic carbocycles. The van der Waals surface area contributed by atoms with Crippen LogP contribution in [-0.2, 0) is 6.54 Å². The van der Waals surface area contributed by atoms with E-state index in [1.807, 2.05) is 19.9 Å². The second kappa shape index (κ2) is 6.65. The summed E-state index contributed by atoms with van der Waals surface area (Å²) in [5.41, 5.74) is 1.31. The highest BCUT2D eigenvalue weighted by Gasteiger charge is 2.06. The summed E-state index contributed by atoms with van der Waals surface area (Å²) in [5.74, 6) is 0.382. The first-order valence-electron chi connectivity index (χ1n) is 6.46. The Bertz CT molecular complexity index is 553. The van der Waals surface area contributed by atoms with Gasteiger partial charge in [0.15, 0.2) is 0 Å². The summed E-state index contributed by atoms with van der Waals surface area (Å²) in [6.45, 7) is 4.30. The maximum Gasteiger partial charge on any atom is 0.270 e. The summed E-state index contributed by atoms with van der Waals surface area (Å²) in [7, 11) is 0. The van der Waals surface area contributed by atoms with Crippen molar-refractivity contribution in [3.05, 3.63) is 54.0 Å². The number of nitrogens with zero attached hydrogens (tertiary/aromatic N) is 2. The van der Waals surface area contributed by atoms with Gasteiger partial charge in [-0.05, 0) is 31.5 Å². The van der Waals surface area contributed by atoms with Crippen LogP contribution in [-0.4, -0.2) is 22.0 Å². The van der Waals surface area contributed by atoms with Crippen LogP contribution < -0.4 is 10.1 Å². The van der Waals surface area contributed by atoms with Gasteiger partial charge in [0.1, 0.15) is 5.69 Å². The number of hydrogen-bond acceptors (Lipinski definition) is 4. The van der Waals surface area contributed by atoms with E-state index < -0.39 is 0 Å². The molecule has 104 valence electrons. The van der Waals surface area contributed by atoms with Crippen molar-refractivity contribution in [2.75, 3.05) is 0 Å². The van der Waals surface area contributed by atoms with Crippen molar-refractivity contribution >= 4 is 5.91 Å². The molecule has 1 amide bonds. The molecule has 0 radical (unpaired) electrons. The molecule has 2 heterocycles. The zero-order valence-electron chi connectivity index (χ0n) is 11.5. The first-order chi connectivity index (χ1) is 9.65. The predicted molar refractivity (Wildman–Crippen MR) is 75.4 cm³/mol. The Morgan fingerprint density at radius 1 is 1.25 bits per heavy atom. The van der Waals surface area contributed by atoms with Gasteiger partial charge in [0, 0.05) is 25.0 Å². The third kappa shape index (κ3) is 4.05. The summed E-state index contributed by atoms with van der Waals surface area (Å²) in [6, 6.07) is 8.90. The van der Waals surface area contributed by atoms with Gasteiger partial charge in [0.2, 0.25) is 5.88 Å². The minimum atomic E-state index is -0.201. The maximum absolute atomic E-state index is 11.8. The summed E-state index contributed by atoms with van der Waals surface area (Å²) < 4.78 is 5.46. The minimum absolute atomic E-state index is 0.0946. The monoisotopic (exact) mass is 271 g/mol. The van der Waals surface area contributed by atoms with Gasteiger partial charge in [-0.25, -0.2) is 4.98 Å². The zero-order valence-corrected chi connectivity index (χ0v) is 11.5. The molecule has 5 heteroatoms. The maximum atomic E-state index is 11.8. The fraction of sp³-hybridized carbons (Fsp3) is 0.267. The number of amides is 1. The number of hydrogen-bond donors (Lipinski definition) is 1. The smallest absolute Gasteiger partial charge is 0.270 e. The summed E-state index contributed by atoms with van der Waals surface area (Å²) in [4.78, 5) is 20.0. The average Bonchev–Trinajstić information content (AvgIpc) is 2.46. The highest BCUT2D eigenvalue weighted by Crippen LogP contribution is 2.09. The molecule has 2 rings (SSSR count). The predicted octanol–water partition coefficient (Wildman–Crippen LogP) is 2.19. The van der Waals surface area contributed by atoms with Crippen LogP contribution in [0.4, 0.5) is 0 Å². The molecular formula is C15H17N3O2. The number of ether oxygens (including phenoxy) is 1. The van der Waals surface area contributed by atoms with Crippen LogP contribution in [0, 0.1) is 0 Å². The Morgan fingerprint density at radius 3 is 2.70 bits per heavy atom. The molecule has 1 N–H and O–H groups in total. The quantitative estimate of drug-likeness (QED) is 0.905. The van der Waals surface area contributed by atoms with Crippen molar-refractivity contribution in [1.29, 1.82) is 0 Å². The van der Waals surface area contributed by atoms with E-state index >= 15 is 0 Å². The number of carbonyl (C=O) groups excluding carboxylic acids is 1. The van der Waals surface area contributed by atoms with Crippen LogP contribution in [0.2, 0.25) is 0 Å². The van der Waals surface area contributed by atoms with Crippen molar-refractivity contribution in [3.63, 3.8) is 0 Å². The lowest BCUT2D eigenvalue weighted by Crippen LogP contribution is -2.23. The zero-order chi connectivity index (χ0) is 14.4. The van der Waals surface area contributed by atoms with Gasteiger partial charge in [-0.3, -0.25) is 9.78 Å². The van der Waals surface area contributed by atoms with Crippen LogP contribution >= 0.6 is 0 Å². The Labute approximate surface area is 118 Å². The number of nitrogens with one attached hydrogen (secondary N) is 1. The van der Waals surface area contributed by atoms with E-state index in [4.69, 9.17) is 4.74 Å². The second-order valence-corrected chi connectivity index (χ2v) is 4.57. The van der Waals surface area contributed by atoms with Crippen LogP contribution in [0.1, 0.15) is 29.9 Å². The molecule has 0 spiro atoms. The topological polar surface area (TPSA) is 64.1 Å². The highest BCUT2D eigenvalue weighted by atomic mass is 16.5. The Balaban J connectivity index is 1.89. The number of carbonyl (C=O) groups is 1. The first kappa shape index (κ1) is 14.0. The van der Waals surface area contributed by atoms with Crippen LogP contribution in [0.3, 0.4) is 0 Å². The first-order valence-corrected chi connectivity index (χ1v) is 6.46. The summed E-state index contributed by atoms with van der Waals surface area (Å²) >= 11 is 0. The molecule has 0 aliphatic heterocycles. The molecule has 20 heavy (non-hydrogen) atoms. The number of pyridine rings is 2. The molecule has 0 saturated heterocycles. The second-order valence-electron chi connectivity index (χ2n) is 4.57. The number of rotatable bonds is 5. The molecule has 2 aromatic heterocycles. The van der Waals surface area contributed by atoms with E-state index in [9.17, 15) is 4.79 Å². The van der Waals surface area contributed by atoms with E-state index in [0.29, 0.717) is 18.1 Å². The molecule has 0 bridgehead atoms. The van der Waals surface area contributed by atoms with E-state index in [0.717, 1.165) is 5.56 Å². The Morgan fingerprint density at radius 2 is 2.10 bits per heavy atom. The van der Waals surface area contributed by atoms with E-state index in [1.54, 1.807) is 36.7 Å². The molecule has 5 nitrogen and oxygen atoms in total. The van der Waals surface area contributed by atoms with Gasteiger partial charge < -0.3 is 10.1 Å². The third-order valence-corrected chi connectivity index (χ3v) is 2.50. The molecule has 0 unspecified atom stereocenters. The highest BCUT2D eigenvalue weighted by molar-refractivity contribution is 5.92. The van der Waals surface area contributed by atoms with Gasteiger partial charge in [-0.2, -0.15) is 0 Å². The average molecular weight is 271 g/mol. The Kier molecular flexibility index (Phi) is 4.65. The lowest BCUT2D eigenvalue weighted by molar-refractivity contribution is 0.0946. The molecule has 0 saturated carbocycles. The largest absolute Gasteiger partial charge is 0.475 e. The summed E-state index contributed by atoms with van der Waals surface area (Å²) in [5, 5.41) is 2.79. The van der Waals surface area contributed by atoms with Gasteiger partial charge in [0.25, 0.3) is 5.91 Å². The molecular weight excluding hydrogens is 254 g/mol. The van der Waals surface area contributed by atoms with Gasteiger partial charge in [0.05, 0.1) is 6.10 Å². The molecule has 0 atom stereocenters. The van der Waals surface area contributed by atoms with E-state index in [2.05, 4.69) is 15.3 Å². The lowest BCUT2D eigenvalue weighted by Gasteiger charge is -2.09. The standard InChI is InChI=1S/C15H17N3O2/c1-11(2)20-14-7-6-12(9-17-14)10-18-15(19)13-5-3-4-8-16-13/h3-9,11H,10H2,1-2H3,(H,18,19). The molecule has 0 aliphatic rings. The number of aromatic nitrogens is 2. The van der Waals surface area contributed by atoms with Gasteiger partial charge in [-0.15, -0.1) is 0 Å². The van der Waals surface area contributed by atoms with Crippen molar-refractivity contribution < 1.29 is 9.53 Å². The van der Waals surface area contributed by atoms with Crippen molar-refractivity contribution in [3.8, 4) is 5.88 Å². The normalized spacial score (nSPS) is 10.3. The summed E-state index contributed by atoms with van der Waals surface area (Å²) in [6.07, 6.45) is 3.38. The molecule has 2 aromatic rings. The van der Waals surface area contributed by atoms with E-state index in [-0.39, 0.29) is 12.0 Å². The van der Waals surface area contributed by atoms with Crippen LogP contribution in [0.5, 0.6) is 5.88 Å². The minimum Gasteiger partial charge on any atom is -0.475 e. The van der Waals surface area contributed by atoms with Crippen LogP contribution in [0.15, 0.2) is 42.7 Å². The SMILES string of the molecule is CC(C)Oc1ccc(CNC(=O)c2ccccn2)cn1. The van der Waals surface area contributed by atoms with Crippen molar-refractivity contribution in [1.82, 2.24) is 15.3 Å². The fourth-order valence-corrected chi connectivity index (χ4v) is 1.60. The fourth-order valence-electron chi connectivity index (χ4n) is 1.60. The van der Waals surface area contributed by atoms with Gasteiger partial charge >= 0.3 is 0 Å².